The fraction of sp³-hybridized carbons (Fsp3) is 0.200. The number of aromatic nitrogens is 1. The average molecular weight is 318 g/mol. The number of aromatic carboxylic acids is 1. The van der Waals surface area contributed by atoms with E-state index < -0.39 is 16.0 Å². The standard InChI is InChI=1S/C10H10N2O4S3/c1-5-6(2)18-10(11-5)12-19(15,16)7-3-8(9(13)14)17-4-7/h3-4H,1-2H3,(H,11,12)(H,13,14). The predicted molar refractivity (Wildman–Crippen MR) is 73.7 cm³/mol. The molecule has 9 heteroatoms. The number of nitrogens with one attached hydrogen (secondary N) is 1. The number of thiazole rings is 1. The lowest BCUT2D eigenvalue weighted by atomic mass is 10.4. The van der Waals surface area contributed by atoms with E-state index >= 15 is 0 Å². The van der Waals surface area contributed by atoms with Crippen LogP contribution in [-0.2, 0) is 10.0 Å². The molecule has 0 aliphatic rings. The SMILES string of the molecule is Cc1nc(NS(=O)(=O)c2csc(C(=O)O)c2)sc1C. The van der Waals surface area contributed by atoms with E-state index in [0.717, 1.165) is 28.0 Å². The average Bonchev–Trinajstić information content (AvgIpc) is 2.86. The lowest BCUT2D eigenvalue weighted by Gasteiger charge is -2.01. The van der Waals surface area contributed by atoms with Crippen LogP contribution in [0.15, 0.2) is 16.3 Å². The molecule has 0 atom stereocenters. The van der Waals surface area contributed by atoms with Crippen molar-refractivity contribution < 1.29 is 18.3 Å². The molecule has 0 bridgehead atoms. The van der Waals surface area contributed by atoms with E-state index in [1.54, 1.807) is 6.92 Å². The first-order valence-corrected chi connectivity index (χ1v) is 8.26. The Kier molecular flexibility index (Phi) is 3.61. The lowest BCUT2D eigenvalue weighted by Crippen LogP contribution is -2.12. The van der Waals surface area contributed by atoms with Crippen LogP contribution in [0.3, 0.4) is 0 Å². The summed E-state index contributed by atoms with van der Waals surface area (Å²) in [4.78, 5) is 15.6. The predicted octanol–water partition coefficient (Wildman–Crippen LogP) is 2.32. The van der Waals surface area contributed by atoms with Gasteiger partial charge in [0, 0.05) is 10.3 Å². The molecule has 2 aromatic heterocycles. The largest absolute Gasteiger partial charge is 0.477 e. The maximum atomic E-state index is 12.0. The number of sulfonamides is 1. The molecule has 102 valence electrons. The monoisotopic (exact) mass is 318 g/mol. The Labute approximate surface area is 117 Å². The summed E-state index contributed by atoms with van der Waals surface area (Å²) in [5, 5.41) is 10.3. The molecule has 0 saturated carbocycles. The summed E-state index contributed by atoms with van der Waals surface area (Å²) in [6, 6.07) is 1.13. The van der Waals surface area contributed by atoms with Gasteiger partial charge in [-0.25, -0.2) is 18.2 Å². The second-order valence-electron chi connectivity index (χ2n) is 3.72. The summed E-state index contributed by atoms with van der Waals surface area (Å²) >= 11 is 2.10. The quantitative estimate of drug-likeness (QED) is 0.902. The van der Waals surface area contributed by atoms with Gasteiger partial charge in [-0.05, 0) is 19.9 Å². The van der Waals surface area contributed by atoms with Crippen molar-refractivity contribution in [1.82, 2.24) is 4.98 Å². The maximum Gasteiger partial charge on any atom is 0.345 e. The van der Waals surface area contributed by atoms with Gasteiger partial charge >= 0.3 is 5.97 Å². The number of anilines is 1. The van der Waals surface area contributed by atoms with E-state index in [4.69, 9.17) is 5.11 Å². The first-order valence-electron chi connectivity index (χ1n) is 5.08. The second-order valence-corrected chi connectivity index (χ2v) is 7.51. The summed E-state index contributed by atoms with van der Waals surface area (Å²) in [6.45, 7) is 3.63. The van der Waals surface area contributed by atoms with Crippen LogP contribution in [-0.4, -0.2) is 24.5 Å². The fourth-order valence-corrected chi connectivity index (χ4v) is 4.42. The van der Waals surface area contributed by atoms with Gasteiger partial charge in [0.1, 0.15) is 4.88 Å². The smallest absolute Gasteiger partial charge is 0.345 e. The molecule has 0 radical (unpaired) electrons. The molecule has 0 unspecified atom stereocenters. The highest BCUT2D eigenvalue weighted by molar-refractivity contribution is 7.93. The maximum absolute atomic E-state index is 12.0. The van der Waals surface area contributed by atoms with Crippen molar-refractivity contribution in [1.29, 1.82) is 0 Å². The van der Waals surface area contributed by atoms with Gasteiger partial charge in [-0.2, -0.15) is 0 Å². The zero-order valence-electron chi connectivity index (χ0n) is 10.00. The van der Waals surface area contributed by atoms with Gasteiger partial charge in [0.2, 0.25) is 0 Å². The van der Waals surface area contributed by atoms with Crippen molar-refractivity contribution in [2.24, 2.45) is 0 Å². The molecule has 0 aliphatic carbocycles. The highest BCUT2D eigenvalue weighted by Crippen LogP contribution is 2.26. The molecular weight excluding hydrogens is 308 g/mol. The summed E-state index contributed by atoms with van der Waals surface area (Å²) < 4.78 is 26.4. The Hall–Kier alpha value is -1.45. The van der Waals surface area contributed by atoms with E-state index in [1.807, 2.05) is 6.92 Å². The van der Waals surface area contributed by atoms with E-state index in [1.165, 1.54) is 16.7 Å². The Morgan fingerprint density at radius 1 is 1.42 bits per heavy atom. The van der Waals surface area contributed by atoms with Crippen molar-refractivity contribution in [3.63, 3.8) is 0 Å². The minimum Gasteiger partial charge on any atom is -0.477 e. The summed E-state index contributed by atoms with van der Waals surface area (Å²) in [5.74, 6) is -1.15. The number of aryl methyl sites for hydroxylation is 2. The van der Waals surface area contributed by atoms with Crippen LogP contribution >= 0.6 is 22.7 Å². The van der Waals surface area contributed by atoms with Gasteiger partial charge in [0.25, 0.3) is 10.0 Å². The highest BCUT2D eigenvalue weighted by atomic mass is 32.2. The Bertz CT molecular complexity index is 710. The Morgan fingerprint density at radius 2 is 2.11 bits per heavy atom. The number of hydrogen-bond donors (Lipinski definition) is 2. The summed E-state index contributed by atoms with van der Waals surface area (Å²) in [7, 11) is -3.78. The Morgan fingerprint density at radius 3 is 2.58 bits per heavy atom. The van der Waals surface area contributed by atoms with Crippen LogP contribution in [0.1, 0.15) is 20.2 Å². The van der Waals surface area contributed by atoms with Crippen LogP contribution in [0.5, 0.6) is 0 Å². The number of thiophene rings is 1. The van der Waals surface area contributed by atoms with Crippen LogP contribution in [0.2, 0.25) is 0 Å². The first kappa shape index (κ1) is 14.0. The van der Waals surface area contributed by atoms with Crippen LogP contribution in [0.25, 0.3) is 0 Å². The Balaban J connectivity index is 2.29. The fourth-order valence-electron chi connectivity index (χ4n) is 1.26. The minimum absolute atomic E-state index is 0.0214. The zero-order valence-corrected chi connectivity index (χ0v) is 12.4. The molecule has 0 amide bonds. The molecule has 0 saturated heterocycles. The summed E-state index contributed by atoms with van der Waals surface area (Å²) in [5.41, 5.74) is 0.763. The van der Waals surface area contributed by atoms with Gasteiger partial charge in [0.05, 0.1) is 10.6 Å². The van der Waals surface area contributed by atoms with E-state index in [2.05, 4.69) is 9.71 Å². The van der Waals surface area contributed by atoms with E-state index in [9.17, 15) is 13.2 Å². The van der Waals surface area contributed by atoms with Crippen molar-refractivity contribution in [3.8, 4) is 0 Å². The van der Waals surface area contributed by atoms with Gasteiger partial charge in [0.15, 0.2) is 5.13 Å². The molecule has 0 aliphatic heterocycles. The number of rotatable bonds is 4. The van der Waals surface area contributed by atoms with Crippen molar-refractivity contribution in [2.45, 2.75) is 18.7 Å². The van der Waals surface area contributed by atoms with E-state index in [0.29, 0.717) is 0 Å². The van der Waals surface area contributed by atoms with Crippen molar-refractivity contribution >= 4 is 43.8 Å². The van der Waals surface area contributed by atoms with Gasteiger partial charge < -0.3 is 5.11 Å². The molecule has 2 rings (SSSR count). The normalized spacial score (nSPS) is 11.5. The molecule has 0 fully saturated rings. The second kappa shape index (κ2) is 4.91. The molecular formula is C10H10N2O4S3. The number of carboxylic acid groups (broad SMARTS) is 1. The third-order valence-electron chi connectivity index (χ3n) is 2.35. The number of hydrogen-bond acceptors (Lipinski definition) is 6. The molecule has 0 spiro atoms. The lowest BCUT2D eigenvalue weighted by molar-refractivity contribution is 0.0702. The first-order chi connectivity index (χ1) is 8.79. The molecule has 2 aromatic rings. The van der Waals surface area contributed by atoms with Gasteiger partial charge in [-0.15, -0.1) is 22.7 Å². The van der Waals surface area contributed by atoms with Crippen molar-refractivity contribution in [2.75, 3.05) is 4.72 Å². The van der Waals surface area contributed by atoms with Crippen molar-refractivity contribution in [3.05, 3.63) is 26.9 Å². The topological polar surface area (TPSA) is 96.4 Å². The van der Waals surface area contributed by atoms with Crippen LogP contribution in [0, 0.1) is 13.8 Å². The minimum atomic E-state index is -3.78. The highest BCUT2D eigenvalue weighted by Gasteiger charge is 2.20. The summed E-state index contributed by atoms with van der Waals surface area (Å²) in [6.07, 6.45) is 0. The number of carbonyl (C=O) groups is 1. The third-order valence-corrected chi connectivity index (χ3v) is 5.85. The third kappa shape index (κ3) is 2.94. The molecule has 2 N–H and O–H groups in total. The van der Waals surface area contributed by atoms with Gasteiger partial charge in [-0.1, -0.05) is 0 Å². The number of carboxylic acids is 1. The molecule has 6 nitrogen and oxygen atoms in total. The number of nitrogens with zero attached hydrogens (tertiary/aromatic N) is 1. The van der Waals surface area contributed by atoms with Crippen LogP contribution in [0.4, 0.5) is 5.13 Å². The van der Waals surface area contributed by atoms with Crippen LogP contribution < -0.4 is 4.72 Å². The molecule has 0 aromatic carbocycles. The zero-order chi connectivity index (χ0) is 14.2. The van der Waals surface area contributed by atoms with E-state index in [-0.39, 0.29) is 14.9 Å². The molecule has 19 heavy (non-hydrogen) atoms. The van der Waals surface area contributed by atoms with Gasteiger partial charge in [-0.3, -0.25) is 4.72 Å². The molecule has 2 heterocycles.